The average molecular weight is 483 g/mol. The zero-order valence-electron chi connectivity index (χ0n) is 18.4. The Hall–Kier alpha value is -4.10. The van der Waals surface area contributed by atoms with Crippen LogP contribution in [0.3, 0.4) is 0 Å². The molecule has 0 aliphatic heterocycles. The molecule has 3 N–H and O–H groups in total. The van der Waals surface area contributed by atoms with Crippen LogP contribution in [0.5, 0.6) is 0 Å². The number of benzene rings is 2. The molecule has 12 nitrogen and oxygen atoms in total. The lowest BCUT2D eigenvalue weighted by molar-refractivity contribution is -0.124. The number of sulfonamides is 1. The van der Waals surface area contributed by atoms with Gasteiger partial charge in [0.15, 0.2) is 11.2 Å². The number of methoxy groups -OCH3 is 1. The maximum Gasteiger partial charge on any atom is 0.246 e. The van der Waals surface area contributed by atoms with Gasteiger partial charge < -0.3 is 15.4 Å². The van der Waals surface area contributed by atoms with Crippen LogP contribution in [0.1, 0.15) is 5.56 Å². The van der Waals surface area contributed by atoms with Gasteiger partial charge in [0.2, 0.25) is 21.9 Å². The van der Waals surface area contributed by atoms with Gasteiger partial charge in [0.25, 0.3) is 0 Å². The van der Waals surface area contributed by atoms with Crippen molar-refractivity contribution in [1.29, 1.82) is 0 Å². The summed E-state index contributed by atoms with van der Waals surface area (Å²) in [4.78, 5) is 20.5. The second-order valence-electron chi connectivity index (χ2n) is 7.36. The molecular formula is C21H22N8O4S. The van der Waals surface area contributed by atoms with Crippen LogP contribution in [0, 0.1) is 0 Å². The Bertz CT molecular complexity index is 1440. The number of amides is 1. The molecule has 0 bridgehead atoms. The van der Waals surface area contributed by atoms with Crippen LogP contribution in [-0.4, -0.2) is 59.3 Å². The van der Waals surface area contributed by atoms with E-state index in [-0.39, 0.29) is 18.5 Å². The van der Waals surface area contributed by atoms with Crippen LogP contribution in [0.4, 0.5) is 17.3 Å². The van der Waals surface area contributed by atoms with E-state index in [0.29, 0.717) is 34.8 Å². The SMILES string of the molecule is COCC(=O)NCc1cccc(-n2nnc3cnc(Nc4cccc(NS(C)(=O)=O)c4)nc32)c1. The zero-order chi connectivity index (χ0) is 24.1. The highest BCUT2D eigenvalue weighted by Gasteiger charge is 2.12. The minimum atomic E-state index is -3.40. The molecule has 0 saturated heterocycles. The topological polar surface area (TPSA) is 153 Å². The molecule has 0 fully saturated rings. The number of anilines is 3. The lowest BCUT2D eigenvalue weighted by Gasteiger charge is -2.09. The molecule has 0 spiro atoms. The summed E-state index contributed by atoms with van der Waals surface area (Å²) in [5.41, 5.74) is 3.56. The van der Waals surface area contributed by atoms with Gasteiger partial charge in [-0.05, 0) is 35.9 Å². The molecule has 0 saturated carbocycles. The van der Waals surface area contributed by atoms with E-state index in [0.717, 1.165) is 11.8 Å². The van der Waals surface area contributed by atoms with Gasteiger partial charge in [0, 0.05) is 19.3 Å². The number of carbonyl (C=O) groups excluding carboxylic acids is 1. The summed E-state index contributed by atoms with van der Waals surface area (Å²) in [6.07, 6.45) is 2.63. The highest BCUT2D eigenvalue weighted by molar-refractivity contribution is 7.92. The number of aromatic nitrogens is 5. The average Bonchev–Trinajstić information content (AvgIpc) is 3.20. The van der Waals surface area contributed by atoms with Crippen LogP contribution < -0.4 is 15.4 Å². The Morgan fingerprint density at radius 2 is 1.91 bits per heavy atom. The quantitative estimate of drug-likeness (QED) is 0.323. The third-order valence-corrected chi connectivity index (χ3v) is 5.14. The first-order valence-corrected chi connectivity index (χ1v) is 12.0. The van der Waals surface area contributed by atoms with Crippen molar-refractivity contribution in [2.75, 3.05) is 30.0 Å². The summed E-state index contributed by atoms with van der Waals surface area (Å²) < 4.78 is 31.8. The van der Waals surface area contributed by atoms with Gasteiger partial charge in [0.05, 0.1) is 23.8 Å². The van der Waals surface area contributed by atoms with E-state index < -0.39 is 10.0 Å². The Labute approximate surface area is 195 Å². The van der Waals surface area contributed by atoms with Gasteiger partial charge in [-0.3, -0.25) is 9.52 Å². The normalized spacial score (nSPS) is 11.4. The maximum atomic E-state index is 11.7. The lowest BCUT2D eigenvalue weighted by atomic mass is 10.2. The molecule has 0 aliphatic carbocycles. The molecule has 13 heteroatoms. The minimum absolute atomic E-state index is 0.00662. The van der Waals surface area contributed by atoms with Crippen LogP contribution >= 0.6 is 0 Å². The molecule has 2 aromatic heterocycles. The van der Waals surface area contributed by atoms with Crippen LogP contribution in [0.15, 0.2) is 54.7 Å². The number of nitrogens with one attached hydrogen (secondary N) is 3. The Morgan fingerprint density at radius 1 is 1.12 bits per heavy atom. The number of rotatable bonds is 9. The van der Waals surface area contributed by atoms with Crippen LogP contribution in [0.25, 0.3) is 16.9 Å². The van der Waals surface area contributed by atoms with E-state index >= 15 is 0 Å². The number of hydrogen-bond donors (Lipinski definition) is 3. The Morgan fingerprint density at radius 3 is 2.71 bits per heavy atom. The van der Waals surface area contributed by atoms with Crippen molar-refractivity contribution >= 4 is 44.4 Å². The van der Waals surface area contributed by atoms with Crippen molar-refractivity contribution in [3.8, 4) is 5.69 Å². The number of carbonyl (C=O) groups is 1. The van der Waals surface area contributed by atoms with Gasteiger partial charge in [0.1, 0.15) is 6.61 Å². The predicted molar refractivity (Wildman–Crippen MR) is 126 cm³/mol. The first-order valence-electron chi connectivity index (χ1n) is 10.1. The number of nitrogens with zero attached hydrogens (tertiary/aromatic N) is 5. The maximum absolute atomic E-state index is 11.7. The molecule has 34 heavy (non-hydrogen) atoms. The van der Waals surface area contributed by atoms with Crippen molar-refractivity contribution in [1.82, 2.24) is 30.3 Å². The monoisotopic (exact) mass is 482 g/mol. The summed E-state index contributed by atoms with van der Waals surface area (Å²) >= 11 is 0. The number of ether oxygens (including phenoxy) is 1. The molecule has 0 radical (unpaired) electrons. The highest BCUT2D eigenvalue weighted by Crippen LogP contribution is 2.21. The third-order valence-electron chi connectivity index (χ3n) is 4.53. The molecular weight excluding hydrogens is 460 g/mol. The van der Waals surface area contributed by atoms with Crippen molar-refractivity contribution in [2.24, 2.45) is 0 Å². The molecule has 0 atom stereocenters. The highest BCUT2D eigenvalue weighted by atomic mass is 32.2. The minimum Gasteiger partial charge on any atom is -0.375 e. The van der Waals surface area contributed by atoms with Crippen molar-refractivity contribution < 1.29 is 17.9 Å². The van der Waals surface area contributed by atoms with Gasteiger partial charge in [-0.1, -0.05) is 23.4 Å². The molecule has 0 aliphatic rings. The first kappa shape index (κ1) is 23.1. The Balaban J connectivity index is 1.57. The summed E-state index contributed by atoms with van der Waals surface area (Å²) in [6.45, 7) is 0.329. The summed E-state index contributed by atoms with van der Waals surface area (Å²) in [6, 6.07) is 14.2. The van der Waals surface area contributed by atoms with E-state index in [1.165, 1.54) is 7.11 Å². The summed E-state index contributed by atoms with van der Waals surface area (Å²) in [5, 5.41) is 14.1. The number of fused-ring (bicyclic) bond motifs is 1. The Kier molecular flexibility index (Phi) is 6.65. The largest absolute Gasteiger partial charge is 0.375 e. The van der Waals surface area contributed by atoms with Crippen LogP contribution in [0.2, 0.25) is 0 Å². The third kappa shape index (κ3) is 5.82. The van der Waals surface area contributed by atoms with E-state index in [4.69, 9.17) is 4.74 Å². The van der Waals surface area contributed by atoms with E-state index in [9.17, 15) is 13.2 Å². The fraction of sp³-hybridized carbons (Fsp3) is 0.190. The first-order chi connectivity index (χ1) is 16.3. The van der Waals surface area contributed by atoms with Gasteiger partial charge in [-0.25, -0.2) is 13.4 Å². The van der Waals surface area contributed by atoms with E-state index in [1.54, 1.807) is 35.1 Å². The molecule has 1 amide bonds. The van der Waals surface area contributed by atoms with Crippen molar-refractivity contribution in [3.63, 3.8) is 0 Å². The standard InChI is InChI=1S/C21H22N8O4S/c1-33-13-19(30)22-11-14-5-3-8-17(9-14)29-20-18(26-28-29)12-23-21(25-20)24-15-6-4-7-16(10-15)27-34(2,31)32/h3-10,12,27H,11,13H2,1-2H3,(H,22,30)(H,23,24,25). The second-order valence-corrected chi connectivity index (χ2v) is 9.11. The molecule has 176 valence electrons. The molecule has 2 aromatic carbocycles. The smallest absolute Gasteiger partial charge is 0.246 e. The fourth-order valence-electron chi connectivity index (χ4n) is 3.15. The van der Waals surface area contributed by atoms with Crippen molar-refractivity contribution in [2.45, 2.75) is 6.54 Å². The van der Waals surface area contributed by atoms with Gasteiger partial charge >= 0.3 is 0 Å². The molecule has 0 unspecified atom stereocenters. The fourth-order valence-corrected chi connectivity index (χ4v) is 3.70. The van der Waals surface area contributed by atoms with Gasteiger partial charge in [-0.2, -0.15) is 9.67 Å². The second kappa shape index (κ2) is 9.80. The summed E-state index contributed by atoms with van der Waals surface area (Å²) in [5.74, 6) is 0.0777. The molecule has 4 aromatic rings. The number of hydrogen-bond acceptors (Lipinski definition) is 9. The van der Waals surface area contributed by atoms with Crippen LogP contribution in [-0.2, 0) is 26.1 Å². The van der Waals surface area contributed by atoms with Gasteiger partial charge in [-0.15, -0.1) is 5.10 Å². The lowest BCUT2D eigenvalue weighted by Crippen LogP contribution is -2.26. The predicted octanol–water partition coefficient (Wildman–Crippen LogP) is 1.59. The van der Waals surface area contributed by atoms with Crippen molar-refractivity contribution in [3.05, 3.63) is 60.3 Å². The summed E-state index contributed by atoms with van der Waals surface area (Å²) in [7, 11) is -1.94. The molecule has 2 heterocycles. The zero-order valence-corrected chi connectivity index (χ0v) is 19.2. The molecule has 4 rings (SSSR count). The van der Waals surface area contributed by atoms with E-state index in [1.807, 2.05) is 24.3 Å². The van der Waals surface area contributed by atoms with E-state index in [2.05, 4.69) is 35.6 Å².